The van der Waals surface area contributed by atoms with Crippen molar-refractivity contribution in [1.82, 2.24) is 14.9 Å². The third kappa shape index (κ3) is 4.89. The summed E-state index contributed by atoms with van der Waals surface area (Å²) in [6.45, 7) is 3.73. The van der Waals surface area contributed by atoms with Gasteiger partial charge in [0, 0.05) is 42.3 Å². The van der Waals surface area contributed by atoms with Gasteiger partial charge in [-0.3, -0.25) is 4.79 Å². The zero-order chi connectivity index (χ0) is 22.0. The lowest BCUT2D eigenvalue weighted by Crippen LogP contribution is -2.54. The second-order valence-corrected chi connectivity index (χ2v) is 8.04. The first kappa shape index (κ1) is 21.3. The van der Waals surface area contributed by atoms with Crippen molar-refractivity contribution in [3.05, 3.63) is 76.3 Å². The molecule has 1 atom stereocenters. The number of anilines is 1. The maximum Gasteiger partial charge on any atom is 0.254 e. The Kier molecular flexibility index (Phi) is 6.25. The van der Waals surface area contributed by atoms with Crippen LogP contribution >= 0.6 is 23.2 Å². The molecule has 0 spiro atoms. The molecule has 1 saturated heterocycles. The summed E-state index contributed by atoms with van der Waals surface area (Å²) >= 11 is 12.1. The number of hydrogen-bond acceptors (Lipinski definition) is 5. The zero-order valence-corrected chi connectivity index (χ0v) is 18.1. The van der Waals surface area contributed by atoms with Gasteiger partial charge in [0.15, 0.2) is 0 Å². The van der Waals surface area contributed by atoms with Gasteiger partial charge in [0.2, 0.25) is 5.88 Å². The number of carbonyl (C=O) groups excluding carboxylic acids is 1. The van der Waals surface area contributed by atoms with Crippen molar-refractivity contribution >= 4 is 34.9 Å². The number of carbonyl (C=O) groups is 1. The minimum atomic E-state index is -0.445. The average molecular weight is 461 g/mol. The van der Waals surface area contributed by atoms with Crippen LogP contribution in [0.15, 0.2) is 54.9 Å². The maximum atomic E-state index is 13.2. The summed E-state index contributed by atoms with van der Waals surface area (Å²) in [6, 6.07) is 12.5. The molecule has 1 amide bonds. The molecule has 1 aliphatic heterocycles. The highest BCUT2D eigenvalue weighted by Crippen LogP contribution is 2.30. The van der Waals surface area contributed by atoms with Crippen LogP contribution in [0.25, 0.3) is 0 Å². The molecular weight excluding hydrogens is 442 g/mol. The van der Waals surface area contributed by atoms with Gasteiger partial charge in [0.05, 0.1) is 5.02 Å². The second-order valence-electron chi connectivity index (χ2n) is 7.20. The fourth-order valence-electron chi connectivity index (χ4n) is 3.48. The third-order valence-corrected chi connectivity index (χ3v) is 5.55. The lowest BCUT2D eigenvalue weighted by Gasteiger charge is -2.40. The number of nitrogens with zero attached hydrogens (tertiary/aromatic N) is 4. The Morgan fingerprint density at radius 1 is 1.13 bits per heavy atom. The summed E-state index contributed by atoms with van der Waals surface area (Å²) in [5.74, 6) is 0.777. The summed E-state index contributed by atoms with van der Waals surface area (Å²) in [7, 11) is 0. The first-order valence-electron chi connectivity index (χ1n) is 9.67. The van der Waals surface area contributed by atoms with Crippen molar-refractivity contribution in [2.75, 3.05) is 24.5 Å². The van der Waals surface area contributed by atoms with Crippen LogP contribution in [0.2, 0.25) is 10.0 Å². The number of rotatable bonds is 4. The Morgan fingerprint density at radius 2 is 1.97 bits per heavy atom. The van der Waals surface area contributed by atoms with Gasteiger partial charge in [-0.1, -0.05) is 29.3 Å². The molecule has 0 aliphatic carbocycles. The highest BCUT2D eigenvalue weighted by molar-refractivity contribution is 6.32. The molecule has 2 heterocycles. The quantitative estimate of drug-likeness (QED) is 0.544. The molecule has 0 unspecified atom stereocenters. The largest absolute Gasteiger partial charge is 0.437 e. The standard InChI is InChI=1S/C22H19Cl2FN4O2/c1-14-12-28(7-8-29(14)22(30)15-3-2-4-16(23)9-15)20-11-21(27-13-26-20)31-19-6-5-17(25)10-18(19)24/h2-6,9-11,13-14H,7-8,12H2,1H3/t14-/m1/s1. The molecule has 0 N–H and O–H groups in total. The Bertz CT molecular complexity index is 1110. The predicted octanol–water partition coefficient (Wildman–Crippen LogP) is 5.07. The topological polar surface area (TPSA) is 58.6 Å². The number of amides is 1. The van der Waals surface area contributed by atoms with Crippen molar-refractivity contribution in [2.45, 2.75) is 13.0 Å². The van der Waals surface area contributed by atoms with Gasteiger partial charge in [0.1, 0.15) is 23.7 Å². The highest BCUT2D eigenvalue weighted by Gasteiger charge is 2.29. The molecule has 1 aromatic heterocycles. The molecule has 9 heteroatoms. The maximum absolute atomic E-state index is 13.2. The van der Waals surface area contributed by atoms with Crippen LogP contribution in [0.1, 0.15) is 17.3 Å². The number of hydrogen-bond donors (Lipinski definition) is 0. The lowest BCUT2D eigenvalue weighted by atomic mass is 10.1. The Labute approximate surface area is 189 Å². The van der Waals surface area contributed by atoms with Crippen molar-refractivity contribution in [3.63, 3.8) is 0 Å². The SMILES string of the molecule is C[C@@H]1CN(c2cc(Oc3ccc(F)cc3Cl)ncn2)CCN1C(=O)c1cccc(Cl)c1. The average Bonchev–Trinajstić information content (AvgIpc) is 2.75. The van der Waals surface area contributed by atoms with Gasteiger partial charge in [-0.2, -0.15) is 0 Å². The molecular formula is C22H19Cl2FN4O2. The van der Waals surface area contributed by atoms with Gasteiger partial charge in [-0.15, -0.1) is 0 Å². The van der Waals surface area contributed by atoms with E-state index in [1.54, 1.807) is 30.3 Å². The van der Waals surface area contributed by atoms with Crippen LogP contribution in [0, 0.1) is 5.82 Å². The molecule has 31 heavy (non-hydrogen) atoms. The summed E-state index contributed by atoms with van der Waals surface area (Å²) in [4.78, 5) is 25.2. The monoisotopic (exact) mass is 460 g/mol. The number of benzene rings is 2. The van der Waals surface area contributed by atoms with Gasteiger partial charge >= 0.3 is 0 Å². The van der Waals surface area contributed by atoms with Crippen molar-refractivity contribution in [3.8, 4) is 11.6 Å². The van der Waals surface area contributed by atoms with E-state index in [-0.39, 0.29) is 17.0 Å². The van der Waals surface area contributed by atoms with E-state index in [4.69, 9.17) is 27.9 Å². The molecule has 3 aromatic rings. The Balaban J connectivity index is 1.45. The van der Waals surface area contributed by atoms with E-state index in [0.29, 0.717) is 47.7 Å². The summed E-state index contributed by atoms with van der Waals surface area (Å²) < 4.78 is 18.9. The number of piperazine rings is 1. The van der Waals surface area contributed by atoms with E-state index in [0.717, 1.165) is 0 Å². The van der Waals surface area contributed by atoms with E-state index in [2.05, 4.69) is 14.9 Å². The normalized spacial score (nSPS) is 16.3. The van der Waals surface area contributed by atoms with Crippen LogP contribution in [0.3, 0.4) is 0 Å². The molecule has 1 fully saturated rings. The van der Waals surface area contributed by atoms with Crippen molar-refractivity contribution in [1.29, 1.82) is 0 Å². The molecule has 0 saturated carbocycles. The first-order chi connectivity index (χ1) is 14.9. The Hall–Kier alpha value is -2.90. The van der Waals surface area contributed by atoms with Gasteiger partial charge in [-0.25, -0.2) is 14.4 Å². The molecule has 2 aromatic carbocycles. The molecule has 4 rings (SSSR count). The Morgan fingerprint density at radius 3 is 2.71 bits per heavy atom. The molecule has 0 bridgehead atoms. The van der Waals surface area contributed by atoms with Gasteiger partial charge in [-0.05, 0) is 43.3 Å². The van der Waals surface area contributed by atoms with E-state index in [9.17, 15) is 9.18 Å². The van der Waals surface area contributed by atoms with E-state index in [1.807, 2.05) is 11.8 Å². The molecule has 0 radical (unpaired) electrons. The summed E-state index contributed by atoms with van der Waals surface area (Å²) in [6.07, 6.45) is 1.40. The van der Waals surface area contributed by atoms with Crippen LogP contribution < -0.4 is 9.64 Å². The lowest BCUT2D eigenvalue weighted by molar-refractivity contribution is 0.0673. The zero-order valence-electron chi connectivity index (χ0n) is 16.6. The number of aromatic nitrogens is 2. The first-order valence-corrected chi connectivity index (χ1v) is 10.4. The molecule has 6 nitrogen and oxygen atoms in total. The fourth-order valence-corrected chi connectivity index (χ4v) is 3.88. The van der Waals surface area contributed by atoms with Crippen molar-refractivity contribution in [2.24, 2.45) is 0 Å². The van der Waals surface area contributed by atoms with Crippen LogP contribution in [-0.2, 0) is 0 Å². The summed E-state index contributed by atoms with van der Waals surface area (Å²) in [5, 5.41) is 0.689. The minimum Gasteiger partial charge on any atom is -0.437 e. The van der Waals surface area contributed by atoms with Gasteiger partial charge < -0.3 is 14.5 Å². The predicted molar refractivity (Wildman–Crippen MR) is 118 cm³/mol. The van der Waals surface area contributed by atoms with Crippen LogP contribution in [0.4, 0.5) is 10.2 Å². The van der Waals surface area contributed by atoms with Crippen molar-refractivity contribution < 1.29 is 13.9 Å². The van der Waals surface area contributed by atoms with Crippen LogP contribution in [0.5, 0.6) is 11.6 Å². The smallest absolute Gasteiger partial charge is 0.254 e. The van der Waals surface area contributed by atoms with Crippen LogP contribution in [-0.4, -0.2) is 46.5 Å². The minimum absolute atomic E-state index is 0.0360. The second kappa shape index (κ2) is 9.08. The summed E-state index contributed by atoms with van der Waals surface area (Å²) in [5.41, 5.74) is 0.571. The molecule has 1 aliphatic rings. The van der Waals surface area contributed by atoms with Gasteiger partial charge in [0.25, 0.3) is 5.91 Å². The third-order valence-electron chi connectivity index (χ3n) is 5.02. The van der Waals surface area contributed by atoms with E-state index >= 15 is 0 Å². The fraction of sp³-hybridized carbons (Fsp3) is 0.227. The molecule has 160 valence electrons. The van der Waals surface area contributed by atoms with E-state index < -0.39 is 5.82 Å². The highest BCUT2D eigenvalue weighted by atomic mass is 35.5. The number of halogens is 3. The number of ether oxygens (including phenoxy) is 1. The van der Waals surface area contributed by atoms with E-state index in [1.165, 1.54) is 24.5 Å².